The summed E-state index contributed by atoms with van der Waals surface area (Å²) in [5, 5.41) is 3.71. The molecular formula is C20H25ClN2OS. The Kier molecular flexibility index (Phi) is 8.16. The SMILES string of the molecule is CCN(CC)c1ccc(CNC(=O)CSCc2ccc(Cl)cc2)cc1. The van der Waals surface area contributed by atoms with E-state index in [0.29, 0.717) is 12.3 Å². The van der Waals surface area contributed by atoms with Crippen LogP contribution in [0.5, 0.6) is 0 Å². The lowest BCUT2D eigenvalue weighted by Gasteiger charge is -2.21. The highest BCUT2D eigenvalue weighted by molar-refractivity contribution is 7.99. The molecule has 0 aliphatic carbocycles. The minimum absolute atomic E-state index is 0.0618. The van der Waals surface area contributed by atoms with Gasteiger partial charge in [0, 0.05) is 36.1 Å². The van der Waals surface area contributed by atoms with E-state index >= 15 is 0 Å². The lowest BCUT2D eigenvalue weighted by atomic mass is 10.2. The van der Waals surface area contributed by atoms with Gasteiger partial charge in [-0.2, -0.15) is 0 Å². The molecule has 134 valence electrons. The smallest absolute Gasteiger partial charge is 0.230 e. The topological polar surface area (TPSA) is 32.3 Å². The van der Waals surface area contributed by atoms with Crippen LogP contribution in [-0.4, -0.2) is 24.7 Å². The maximum atomic E-state index is 12.0. The van der Waals surface area contributed by atoms with Gasteiger partial charge in [-0.05, 0) is 49.2 Å². The van der Waals surface area contributed by atoms with E-state index in [1.807, 2.05) is 24.3 Å². The molecule has 0 radical (unpaired) electrons. The molecule has 0 aromatic heterocycles. The normalized spacial score (nSPS) is 10.5. The predicted octanol–water partition coefficient (Wildman–Crippen LogP) is 4.74. The third kappa shape index (κ3) is 6.63. The first-order chi connectivity index (χ1) is 12.1. The van der Waals surface area contributed by atoms with E-state index < -0.39 is 0 Å². The fourth-order valence-electron chi connectivity index (χ4n) is 2.51. The molecule has 0 heterocycles. The number of anilines is 1. The number of halogens is 1. The van der Waals surface area contributed by atoms with Crippen molar-refractivity contribution < 1.29 is 4.79 Å². The zero-order valence-corrected chi connectivity index (χ0v) is 16.4. The van der Waals surface area contributed by atoms with Crippen LogP contribution in [0.25, 0.3) is 0 Å². The minimum Gasteiger partial charge on any atom is -0.372 e. The number of hydrogen-bond donors (Lipinski definition) is 1. The van der Waals surface area contributed by atoms with Crippen LogP contribution in [0.2, 0.25) is 5.02 Å². The van der Waals surface area contributed by atoms with Crippen molar-refractivity contribution in [3.05, 3.63) is 64.7 Å². The highest BCUT2D eigenvalue weighted by atomic mass is 35.5. The van der Waals surface area contributed by atoms with E-state index in [1.165, 1.54) is 11.3 Å². The van der Waals surface area contributed by atoms with Gasteiger partial charge in [0.05, 0.1) is 5.75 Å². The fraction of sp³-hybridized carbons (Fsp3) is 0.350. The summed E-state index contributed by atoms with van der Waals surface area (Å²) in [7, 11) is 0. The maximum Gasteiger partial charge on any atom is 0.230 e. The quantitative estimate of drug-likeness (QED) is 0.686. The lowest BCUT2D eigenvalue weighted by molar-refractivity contribution is -0.118. The molecule has 0 unspecified atom stereocenters. The van der Waals surface area contributed by atoms with Crippen LogP contribution in [0, 0.1) is 0 Å². The first-order valence-electron chi connectivity index (χ1n) is 8.55. The molecule has 5 heteroatoms. The van der Waals surface area contributed by atoms with E-state index in [2.05, 4.69) is 48.3 Å². The first kappa shape index (κ1) is 19.7. The molecule has 0 atom stereocenters. The number of amides is 1. The van der Waals surface area contributed by atoms with Crippen molar-refractivity contribution in [2.45, 2.75) is 26.1 Å². The Morgan fingerprint density at radius 3 is 2.20 bits per heavy atom. The van der Waals surface area contributed by atoms with E-state index in [1.54, 1.807) is 11.8 Å². The third-order valence-electron chi connectivity index (χ3n) is 3.97. The molecule has 0 spiro atoms. The molecule has 0 saturated heterocycles. The second-order valence-corrected chi connectivity index (χ2v) is 7.16. The molecule has 25 heavy (non-hydrogen) atoms. The largest absolute Gasteiger partial charge is 0.372 e. The second-order valence-electron chi connectivity index (χ2n) is 5.73. The van der Waals surface area contributed by atoms with Crippen molar-refractivity contribution in [2.24, 2.45) is 0 Å². The molecule has 2 aromatic rings. The Morgan fingerprint density at radius 1 is 1.00 bits per heavy atom. The first-order valence-corrected chi connectivity index (χ1v) is 10.1. The number of carbonyl (C=O) groups excluding carboxylic acids is 1. The average Bonchev–Trinajstić information content (AvgIpc) is 2.64. The Hall–Kier alpha value is -1.65. The van der Waals surface area contributed by atoms with Gasteiger partial charge in [-0.25, -0.2) is 0 Å². The van der Waals surface area contributed by atoms with E-state index in [0.717, 1.165) is 29.4 Å². The monoisotopic (exact) mass is 376 g/mol. The number of nitrogens with zero attached hydrogens (tertiary/aromatic N) is 1. The number of nitrogens with one attached hydrogen (secondary N) is 1. The van der Waals surface area contributed by atoms with Gasteiger partial charge in [0.1, 0.15) is 0 Å². The van der Waals surface area contributed by atoms with E-state index in [9.17, 15) is 4.79 Å². The third-order valence-corrected chi connectivity index (χ3v) is 5.23. The van der Waals surface area contributed by atoms with Crippen molar-refractivity contribution in [3.8, 4) is 0 Å². The molecule has 1 N–H and O–H groups in total. The summed E-state index contributed by atoms with van der Waals surface area (Å²) in [6, 6.07) is 16.1. The number of rotatable bonds is 9. The standard InChI is InChI=1S/C20H25ClN2OS/c1-3-23(4-2)19-11-7-16(8-12-19)13-22-20(24)15-25-14-17-5-9-18(21)10-6-17/h5-12H,3-4,13-15H2,1-2H3,(H,22,24). The number of benzene rings is 2. The molecule has 0 fully saturated rings. The zero-order valence-electron chi connectivity index (χ0n) is 14.8. The van der Waals surface area contributed by atoms with Crippen molar-refractivity contribution in [1.29, 1.82) is 0 Å². The molecule has 0 aliphatic heterocycles. The molecular weight excluding hydrogens is 352 g/mol. The highest BCUT2D eigenvalue weighted by Gasteiger charge is 2.04. The molecule has 2 rings (SSSR count). The molecule has 1 amide bonds. The Bertz CT molecular complexity index is 654. The summed E-state index contributed by atoms with van der Waals surface area (Å²) >= 11 is 7.47. The zero-order chi connectivity index (χ0) is 18.1. The summed E-state index contributed by atoms with van der Waals surface area (Å²) in [5.74, 6) is 1.33. The van der Waals surface area contributed by atoms with Crippen molar-refractivity contribution >= 4 is 35.0 Å². The van der Waals surface area contributed by atoms with Gasteiger partial charge in [-0.3, -0.25) is 4.79 Å². The van der Waals surface area contributed by atoms with Crippen LogP contribution in [0.3, 0.4) is 0 Å². The minimum atomic E-state index is 0.0618. The summed E-state index contributed by atoms with van der Waals surface area (Å²) in [5.41, 5.74) is 3.51. The van der Waals surface area contributed by atoms with Gasteiger partial charge in [-0.1, -0.05) is 35.9 Å². The Labute approximate surface area is 159 Å². The van der Waals surface area contributed by atoms with Gasteiger partial charge in [0.25, 0.3) is 0 Å². The number of carbonyl (C=O) groups is 1. The van der Waals surface area contributed by atoms with Crippen LogP contribution in [0.15, 0.2) is 48.5 Å². The highest BCUT2D eigenvalue weighted by Crippen LogP contribution is 2.16. The average molecular weight is 377 g/mol. The van der Waals surface area contributed by atoms with E-state index in [4.69, 9.17) is 11.6 Å². The molecule has 0 saturated carbocycles. The van der Waals surface area contributed by atoms with Crippen LogP contribution in [0.1, 0.15) is 25.0 Å². The van der Waals surface area contributed by atoms with Crippen LogP contribution >= 0.6 is 23.4 Å². The van der Waals surface area contributed by atoms with Gasteiger partial charge in [0.15, 0.2) is 0 Å². The van der Waals surface area contributed by atoms with Gasteiger partial charge in [-0.15, -0.1) is 11.8 Å². The maximum absolute atomic E-state index is 12.0. The Morgan fingerprint density at radius 2 is 1.60 bits per heavy atom. The van der Waals surface area contributed by atoms with Crippen molar-refractivity contribution in [2.75, 3.05) is 23.7 Å². The Balaban J connectivity index is 1.71. The van der Waals surface area contributed by atoms with Crippen molar-refractivity contribution in [3.63, 3.8) is 0 Å². The second kappa shape index (κ2) is 10.4. The predicted molar refractivity (Wildman–Crippen MR) is 109 cm³/mol. The van der Waals surface area contributed by atoms with Gasteiger partial charge < -0.3 is 10.2 Å². The summed E-state index contributed by atoms with van der Waals surface area (Å²) < 4.78 is 0. The van der Waals surface area contributed by atoms with Crippen molar-refractivity contribution in [1.82, 2.24) is 5.32 Å². The summed E-state index contributed by atoms with van der Waals surface area (Å²) in [6.07, 6.45) is 0. The van der Waals surface area contributed by atoms with E-state index in [-0.39, 0.29) is 5.91 Å². The molecule has 0 aliphatic rings. The fourth-order valence-corrected chi connectivity index (χ4v) is 3.45. The van der Waals surface area contributed by atoms with Crippen LogP contribution in [0.4, 0.5) is 5.69 Å². The summed E-state index contributed by atoms with van der Waals surface area (Å²) in [6.45, 7) is 6.87. The summed E-state index contributed by atoms with van der Waals surface area (Å²) in [4.78, 5) is 14.3. The van der Waals surface area contributed by atoms with Crippen LogP contribution in [-0.2, 0) is 17.1 Å². The number of hydrogen-bond acceptors (Lipinski definition) is 3. The molecule has 0 bridgehead atoms. The lowest BCUT2D eigenvalue weighted by Crippen LogP contribution is -2.25. The van der Waals surface area contributed by atoms with Gasteiger partial charge in [0.2, 0.25) is 5.91 Å². The molecule has 3 nitrogen and oxygen atoms in total. The number of thioether (sulfide) groups is 1. The van der Waals surface area contributed by atoms with Crippen LogP contribution < -0.4 is 10.2 Å². The molecule has 2 aromatic carbocycles. The van der Waals surface area contributed by atoms with Gasteiger partial charge >= 0.3 is 0 Å².